The zero-order chi connectivity index (χ0) is 15.7. The van der Waals surface area contributed by atoms with Crippen molar-refractivity contribution < 1.29 is 14.0 Å². The number of carbonyl (C=O) groups excluding carboxylic acids is 2. The second kappa shape index (κ2) is 5.96. The molecule has 2 heterocycles. The Balaban J connectivity index is 1.99. The Kier molecular flexibility index (Phi) is 4.02. The monoisotopic (exact) mass is 362 g/mol. The summed E-state index contributed by atoms with van der Waals surface area (Å²) >= 11 is 3.19. The second-order valence-electron chi connectivity index (χ2n) is 5.02. The zero-order valence-corrected chi connectivity index (χ0v) is 13.6. The van der Waals surface area contributed by atoms with Crippen LogP contribution in [0.1, 0.15) is 23.0 Å². The van der Waals surface area contributed by atoms with Crippen LogP contribution >= 0.6 is 15.9 Å². The van der Waals surface area contributed by atoms with Crippen molar-refractivity contribution in [3.05, 3.63) is 52.4 Å². The lowest BCUT2D eigenvalue weighted by Crippen LogP contribution is -2.48. The van der Waals surface area contributed by atoms with Crippen LogP contribution in [0, 0.1) is 0 Å². The number of hydrogen-bond donors (Lipinski definition) is 1. The van der Waals surface area contributed by atoms with Crippen LogP contribution < -0.4 is 10.2 Å². The van der Waals surface area contributed by atoms with E-state index in [0.29, 0.717) is 17.6 Å². The molecule has 5 nitrogen and oxygen atoms in total. The van der Waals surface area contributed by atoms with Crippen molar-refractivity contribution >= 4 is 33.4 Å². The Hall–Kier alpha value is -2.08. The minimum Gasteiger partial charge on any atom is -0.444 e. The first-order valence-electron chi connectivity index (χ1n) is 7.06. The third-order valence-corrected chi connectivity index (χ3v) is 4.06. The summed E-state index contributed by atoms with van der Waals surface area (Å²) in [6, 6.07) is 10.3. The zero-order valence-electron chi connectivity index (χ0n) is 12.0. The highest BCUT2D eigenvalue weighted by molar-refractivity contribution is 9.10. The molecule has 1 aromatic carbocycles. The van der Waals surface area contributed by atoms with E-state index in [0.717, 1.165) is 11.3 Å². The number of hydrogen-bond acceptors (Lipinski definition) is 3. The van der Waals surface area contributed by atoms with Crippen LogP contribution in [-0.2, 0) is 11.2 Å². The Morgan fingerprint density at radius 1 is 1.32 bits per heavy atom. The molecule has 3 rings (SSSR count). The van der Waals surface area contributed by atoms with Crippen molar-refractivity contribution in [2.24, 2.45) is 0 Å². The number of nitrogens with one attached hydrogen (secondary N) is 1. The van der Waals surface area contributed by atoms with Gasteiger partial charge >= 0.3 is 0 Å². The van der Waals surface area contributed by atoms with E-state index in [-0.39, 0.29) is 17.6 Å². The molecule has 1 N–H and O–H groups in total. The molecule has 2 amide bonds. The molecule has 0 aliphatic carbocycles. The number of fused-ring (bicyclic) bond motifs is 1. The summed E-state index contributed by atoms with van der Waals surface area (Å²) < 4.78 is 5.84. The van der Waals surface area contributed by atoms with Gasteiger partial charge in [-0.25, -0.2) is 0 Å². The smallest absolute Gasteiger partial charge is 0.294 e. The highest BCUT2D eigenvalue weighted by Crippen LogP contribution is 2.34. The topological polar surface area (TPSA) is 62.6 Å². The first-order chi connectivity index (χ1) is 10.6. The summed E-state index contributed by atoms with van der Waals surface area (Å²) in [5.41, 5.74) is 1.74. The Bertz CT molecular complexity index is 726. The van der Waals surface area contributed by atoms with Crippen molar-refractivity contribution in [1.82, 2.24) is 5.32 Å². The van der Waals surface area contributed by atoms with Gasteiger partial charge in [-0.2, -0.15) is 0 Å². The van der Waals surface area contributed by atoms with Crippen LogP contribution in [0.2, 0.25) is 0 Å². The van der Waals surface area contributed by atoms with Crippen molar-refractivity contribution in [3.63, 3.8) is 0 Å². The molecule has 1 aliphatic rings. The number of amides is 2. The van der Waals surface area contributed by atoms with E-state index in [1.807, 2.05) is 31.2 Å². The van der Waals surface area contributed by atoms with E-state index in [2.05, 4.69) is 21.2 Å². The third kappa shape index (κ3) is 2.54. The van der Waals surface area contributed by atoms with Crippen LogP contribution in [0.15, 0.2) is 45.5 Å². The molecule has 0 bridgehead atoms. The van der Waals surface area contributed by atoms with E-state index >= 15 is 0 Å². The maximum absolute atomic E-state index is 12.8. The van der Waals surface area contributed by atoms with E-state index in [9.17, 15) is 9.59 Å². The van der Waals surface area contributed by atoms with Crippen molar-refractivity contribution in [3.8, 4) is 0 Å². The predicted octanol–water partition coefficient (Wildman–Crippen LogP) is 2.75. The molecule has 1 aromatic heterocycles. The van der Waals surface area contributed by atoms with E-state index < -0.39 is 6.04 Å². The van der Waals surface area contributed by atoms with Crippen LogP contribution in [0.3, 0.4) is 0 Å². The van der Waals surface area contributed by atoms with Crippen molar-refractivity contribution in [2.45, 2.75) is 19.4 Å². The number of benzene rings is 1. The van der Waals surface area contributed by atoms with Gasteiger partial charge in [0.25, 0.3) is 5.91 Å². The number of likely N-dealkylation sites (N-methyl/N-ethyl adjacent to an activating group) is 1. The SMILES string of the molecule is CCNC(=O)C1Cc2ccccc2N1C(=O)c1ccc(Br)o1. The fourth-order valence-electron chi connectivity index (χ4n) is 2.69. The van der Waals surface area contributed by atoms with Crippen molar-refractivity contribution in [2.75, 3.05) is 11.4 Å². The van der Waals surface area contributed by atoms with E-state index in [1.54, 1.807) is 12.1 Å². The summed E-state index contributed by atoms with van der Waals surface area (Å²) in [6.07, 6.45) is 0.510. The lowest BCUT2D eigenvalue weighted by molar-refractivity contribution is -0.122. The summed E-state index contributed by atoms with van der Waals surface area (Å²) in [7, 11) is 0. The molecule has 2 aromatic rings. The predicted molar refractivity (Wildman–Crippen MR) is 85.8 cm³/mol. The van der Waals surface area contributed by atoms with Gasteiger partial charge in [0.15, 0.2) is 10.4 Å². The van der Waals surface area contributed by atoms with Crippen LogP contribution in [0.5, 0.6) is 0 Å². The number of furan rings is 1. The normalized spacial score (nSPS) is 16.5. The lowest BCUT2D eigenvalue weighted by Gasteiger charge is -2.23. The lowest BCUT2D eigenvalue weighted by atomic mass is 10.1. The minimum absolute atomic E-state index is 0.155. The summed E-state index contributed by atoms with van der Waals surface area (Å²) in [5.74, 6) is -0.262. The number of carbonyl (C=O) groups is 2. The second-order valence-corrected chi connectivity index (χ2v) is 5.80. The first kappa shape index (κ1) is 14.8. The number of nitrogens with zero attached hydrogens (tertiary/aromatic N) is 1. The summed E-state index contributed by atoms with van der Waals surface area (Å²) in [6.45, 7) is 2.38. The molecule has 114 valence electrons. The van der Waals surface area contributed by atoms with Gasteiger partial charge in [-0.1, -0.05) is 18.2 Å². The largest absolute Gasteiger partial charge is 0.444 e. The van der Waals surface area contributed by atoms with Gasteiger partial charge in [-0.15, -0.1) is 0 Å². The third-order valence-electron chi connectivity index (χ3n) is 3.63. The van der Waals surface area contributed by atoms with Gasteiger partial charge in [0, 0.05) is 18.7 Å². The fraction of sp³-hybridized carbons (Fsp3) is 0.250. The number of anilines is 1. The maximum atomic E-state index is 12.8. The molecule has 0 spiro atoms. The highest BCUT2D eigenvalue weighted by atomic mass is 79.9. The van der Waals surface area contributed by atoms with Gasteiger partial charge < -0.3 is 9.73 Å². The molecule has 6 heteroatoms. The van der Waals surface area contributed by atoms with Gasteiger partial charge in [0.1, 0.15) is 6.04 Å². The van der Waals surface area contributed by atoms with Gasteiger partial charge in [-0.05, 0) is 46.6 Å². The van der Waals surface area contributed by atoms with Gasteiger partial charge in [0.05, 0.1) is 0 Å². The molecule has 1 atom stereocenters. The number of rotatable bonds is 3. The molecule has 1 unspecified atom stereocenters. The van der Waals surface area contributed by atoms with Crippen LogP contribution in [-0.4, -0.2) is 24.4 Å². The fourth-order valence-corrected chi connectivity index (χ4v) is 2.99. The Morgan fingerprint density at radius 3 is 2.77 bits per heavy atom. The minimum atomic E-state index is -0.547. The first-order valence-corrected chi connectivity index (χ1v) is 7.85. The van der Waals surface area contributed by atoms with Crippen LogP contribution in [0.25, 0.3) is 0 Å². The average Bonchev–Trinajstić information content (AvgIpc) is 3.10. The van der Waals surface area contributed by atoms with E-state index in [4.69, 9.17) is 4.42 Å². The molecule has 1 aliphatic heterocycles. The molecule has 0 saturated heterocycles. The van der Waals surface area contributed by atoms with Gasteiger partial charge in [-0.3, -0.25) is 14.5 Å². The molecule has 22 heavy (non-hydrogen) atoms. The molecule has 0 radical (unpaired) electrons. The van der Waals surface area contributed by atoms with Crippen LogP contribution in [0.4, 0.5) is 5.69 Å². The highest BCUT2D eigenvalue weighted by Gasteiger charge is 2.39. The van der Waals surface area contributed by atoms with Gasteiger partial charge in [0.2, 0.25) is 5.91 Å². The molecular formula is C16H15BrN2O3. The number of halogens is 1. The molecule has 0 saturated carbocycles. The Morgan fingerprint density at radius 2 is 2.09 bits per heavy atom. The molecular weight excluding hydrogens is 348 g/mol. The standard InChI is InChI=1S/C16H15BrN2O3/c1-2-18-15(20)12-9-10-5-3-4-6-11(10)19(12)16(21)13-7-8-14(17)22-13/h3-8,12H,2,9H2,1H3,(H,18,20). The number of para-hydroxylation sites is 1. The Labute approximate surface area is 136 Å². The summed E-state index contributed by atoms with van der Waals surface area (Å²) in [4.78, 5) is 26.6. The maximum Gasteiger partial charge on any atom is 0.294 e. The van der Waals surface area contributed by atoms with E-state index in [1.165, 1.54) is 4.90 Å². The summed E-state index contributed by atoms with van der Waals surface area (Å²) in [5, 5.41) is 2.79. The quantitative estimate of drug-likeness (QED) is 0.912. The molecule has 0 fully saturated rings. The average molecular weight is 363 g/mol. The van der Waals surface area contributed by atoms with Crippen molar-refractivity contribution in [1.29, 1.82) is 0 Å².